The minimum atomic E-state index is -0.423. The maximum absolute atomic E-state index is 12.8. The molecule has 3 amide bonds. The van der Waals surface area contributed by atoms with Crippen LogP contribution in [0.15, 0.2) is 60.3 Å². The number of carbonyl (C=O) groups excluding carboxylic acids is 2. The summed E-state index contributed by atoms with van der Waals surface area (Å²) in [6.07, 6.45) is 1.71. The van der Waals surface area contributed by atoms with Crippen LogP contribution in [-0.2, 0) is 11.3 Å². The average Bonchev–Trinajstić information content (AvgIpc) is 3.15. The second kappa shape index (κ2) is 8.01. The first-order valence-electron chi connectivity index (χ1n) is 9.38. The molecule has 0 bridgehead atoms. The molecule has 2 aromatic carbocycles. The van der Waals surface area contributed by atoms with E-state index >= 15 is 0 Å². The van der Waals surface area contributed by atoms with Crippen molar-refractivity contribution in [2.24, 2.45) is 0 Å². The third-order valence-electron chi connectivity index (χ3n) is 5.08. The number of hydrogen-bond donors (Lipinski definition) is 1. The summed E-state index contributed by atoms with van der Waals surface area (Å²) >= 11 is 12.2. The second-order valence-electron chi connectivity index (χ2n) is 7.13. The Kier molecular flexibility index (Phi) is 5.41. The Bertz CT molecular complexity index is 1180. The molecule has 1 saturated heterocycles. The van der Waals surface area contributed by atoms with E-state index in [1.807, 2.05) is 60.9 Å². The summed E-state index contributed by atoms with van der Waals surface area (Å²) < 4.78 is 2.03. The molecule has 1 fully saturated rings. The lowest BCUT2D eigenvalue weighted by molar-refractivity contribution is -0.123. The Hall–Kier alpha value is -3.02. The third kappa shape index (κ3) is 3.74. The van der Waals surface area contributed by atoms with Gasteiger partial charge in [-0.15, -0.1) is 0 Å². The lowest BCUT2D eigenvalue weighted by Crippen LogP contribution is -2.30. The monoisotopic (exact) mass is 439 g/mol. The van der Waals surface area contributed by atoms with Gasteiger partial charge in [0.1, 0.15) is 5.70 Å². The van der Waals surface area contributed by atoms with E-state index in [-0.39, 0.29) is 18.1 Å². The normalized spacial score (nSPS) is 15.2. The van der Waals surface area contributed by atoms with Crippen molar-refractivity contribution in [3.63, 3.8) is 0 Å². The number of halogens is 2. The number of benzene rings is 2. The number of urea groups is 1. The standard InChI is InChI=1S/C23H19Cl2N3O2/c1-14-10-17(15(2)28(14)18-8-9-19(24)20(25)12-18)11-21-22(29)27(23(30)26-21)13-16-6-4-3-5-7-16/h3-12H,13H2,1-2H3,(H,26,30)/b21-11-. The zero-order valence-electron chi connectivity index (χ0n) is 16.4. The van der Waals surface area contributed by atoms with Gasteiger partial charge in [-0.2, -0.15) is 0 Å². The van der Waals surface area contributed by atoms with Crippen LogP contribution in [0.25, 0.3) is 11.8 Å². The summed E-state index contributed by atoms with van der Waals surface area (Å²) in [7, 11) is 0. The fraction of sp³-hybridized carbons (Fsp3) is 0.130. The van der Waals surface area contributed by atoms with Gasteiger partial charge in [-0.1, -0.05) is 53.5 Å². The number of aryl methyl sites for hydroxylation is 1. The molecule has 0 atom stereocenters. The van der Waals surface area contributed by atoms with E-state index in [1.165, 1.54) is 4.90 Å². The van der Waals surface area contributed by atoms with Crippen molar-refractivity contribution in [3.8, 4) is 5.69 Å². The molecule has 152 valence electrons. The molecule has 1 aliphatic rings. The summed E-state index contributed by atoms with van der Waals surface area (Å²) in [5.74, 6) is -0.344. The first-order chi connectivity index (χ1) is 14.3. The lowest BCUT2D eigenvalue weighted by atomic mass is 10.2. The van der Waals surface area contributed by atoms with Gasteiger partial charge in [0.2, 0.25) is 0 Å². The maximum atomic E-state index is 12.8. The Morgan fingerprint density at radius 3 is 2.40 bits per heavy atom. The van der Waals surface area contributed by atoms with Gasteiger partial charge in [0.25, 0.3) is 5.91 Å². The van der Waals surface area contributed by atoms with E-state index in [0.29, 0.717) is 10.0 Å². The van der Waals surface area contributed by atoms with Gasteiger partial charge in [-0.25, -0.2) is 4.79 Å². The number of rotatable bonds is 4. The van der Waals surface area contributed by atoms with E-state index in [2.05, 4.69) is 5.32 Å². The van der Waals surface area contributed by atoms with Gasteiger partial charge >= 0.3 is 6.03 Å². The zero-order chi connectivity index (χ0) is 21.4. The Morgan fingerprint density at radius 2 is 1.70 bits per heavy atom. The molecular weight excluding hydrogens is 421 g/mol. The zero-order valence-corrected chi connectivity index (χ0v) is 18.0. The van der Waals surface area contributed by atoms with Crippen molar-refractivity contribution in [1.82, 2.24) is 14.8 Å². The van der Waals surface area contributed by atoms with Crippen LogP contribution >= 0.6 is 23.2 Å². The molecule has 1 aromatic heterocycles. The summed E-state index contributed by atoms with van der Waals surface area (Å²) in [6, 6.07) is 16.4. The molecule has 4 rings (SSSR count). The quantitative estimate of drug-likeness (QED) is 0.431. The van der Waals surface area contributed by atoms with Gasteiger partial charge in [0.15, 0.2) is 0 Å². The minimum absolute atomic E-state index is 0.227. The highest BCUT2D eigenvalue weighted by Gasteiger charge is 2.33. The molecule has 0 spiro atoms. The van der Waals surface area contributed by atoms with Gasteiger partial charge in [-0.05, 0) is 55.3 Å². The van der Waals surface area contributed by atoms with Crippen LogP contribution in [0, 0.1) is 13.8 Å². The molecule has 3 aromatic rings. The average molecular weight is 440 g/mol. The third-order valence-corrected chi connectivity index (χ3v) is 5.82. The lowest BCUT2D eigenvalue weighted by Gasteiger charge is -2.11. The van der Waals surface area contributed by atoms with E-state index in [1.54, 1.807) is 18.2 Å². The van der Waals surface area contributed by atoms with Crippen molar-refractivity contribution in [2.75, 3.05) is 0 Å². The summed E-state index contributed by atoms with van der Waals surface area (Å²) in [6.45, 7) is 4.14. The van der Waals surface area contributed by atoms with Gasteiger partial charge in [0.05, 0.1) is 16.6 Å². The molecule has 0 saturated carbocycles. The molecule has 0 radical (unpaired) electrons. The van der Waals surface area contributed by atoms with Crippen LogP contribution in [0.2, 0.25) is 10.0 Å². The minimum Gasteiger partial charge on any atom is -0.318 e. The second-order valence-corrected chi connectivity index (χ2v) is 7.94. The topological polar surface area (TPSA) is 54.3 Å². The number of nitrogens with zero attached hydrogens (tertiary/aromatic N) is 2. The van der Waals surface area contributed by atoms with Crippen molar-refractivity contribution >= 4 is 41.2 Å². The highest BCUT2D eigenvalue weighted by atomic mass is 35.5. The molecule has 0 unspecified atom stereocenters. The smallest absolute Gasteiger partial charge is 0.318 e. The largest absolute Gasteiger partial charge is 0.329 e. The van der Waals surface area contributed by atoms with Crippen molar-refractivity contribution in [1.29, 1.82) is 0 Å². The van der Waals surface area contributed by atoms with Crippen LogP contribution < -0.4 is 5.32 Å². The first kappa shape index (κ1) is 20.3. The number of hydrogen-bond acceptors (Lipinski definition) is 2. The van der Waals surface area contributed by atoms with Crippen LogP contribution in [0.3, 0.4) is 0 Å². The van der Waals surface area contributed by atoms with Gasteiger partial charge < -0.3 is 9.88 Å². The maximum Gasteiger partial charge on any atom is 0.329 e. The molecule has 1 aliphatic heterocycles. The summed E-state index contributed by atoms with van der Waals surface area (Å²) in [5, 5.41) is 3.64. The van der Waals surface area contributed by atoms with E-state index in [4.69, 9.17) is 23.2 Å². The van der Waals surface area contributed by atoms with Crippen molar-refractivity contribution in [2.45, 2.75) is 20.4 Å². The molecule has 0 aliphatic carbocycles. The molecule has 5 nitrogen and oxygen atoms in total. The molecule has 30 heavy (non-hydrogen) atoms. The van der Waals surface area contributed by atoms with E-state index in [9.17, 15) is 9.59 Å². The van der Waals surface area contributed by atoms with Crippen LogP contribution in [0.1, 0.15) is 22.5 Å². The Labute approximate surface area is 184 Å². The number of aromatic nitrogens is 1. The highest BCUT2D eigenvalue weighted by molar-refractivity contribution is 6.42. The van der Waals surface area contributed by atoms with E-state index in [0.717, 1.165) is 28.2 Å². The molecule has 1 N–H and O–H groups in total. The first-order valence-corrected chi connectivity index (χ1v) is 10.1. The predicted molar refractivity (Wildman–Crippen MR) is 119 cm³/mol. The Morgan fingerprint density at radius 1 is 0.967 bits per heavy atom. The predicted octanol–water partition coefficient (Wildman–Crippen LogP) is 5.49. The number of nitrogens with one attached hydrogen (secondary N) is 1. The molecule has 7 heteroatoms. The van der Waals surface area contributed by atoms with Crippen molar-refractivity contribution in [3.05, 3.63) is 92.9 Å². The number of amides is 3. The van der Waals surface area contributed by atoms with Gasteiger partial charge in [0, 0.05) is 17.1 Å². The molecule has 2 heterocycles. The summed E-state index contributed by atoms with van der Waals surface area (Å²) in [5.41, 5.74) is 4.74. The van der Waals surface area contributed by atoms with Gasteiger partial charge in [-0.3, -0.25) is 9.69 Å². The fourth-order valence-electron chi connectivity index (χ4n) is 3.59. The van der Waals surface area contributed by atoms with Crippen LogP contribution in [0.5, 0.6) is 0 Å². The van der Waals surface area contributed by atoms with E-state index < -0.39 is 6.03 Å². The molecular formula is C23H19Cl2N3O2. The number of imide groups is 1. The fourth-order valence-corrected chi connectivity index (χ4v) is 3.88. The van der Waals surface area contributed by atoms with Crippen molar-refractivity contribution < 1.29 is 9.59 Å². The SMILES string of the molecule is Cc1cc(/C=C2\NC(=O)N(Cc3ccccc3)C2=O)c(C)n1-c1ccc(Cl)c(Cl)c1. The van der Waals surface area contributed by atoms with Crippen LogP contribution in [0.4, 0.5) is 4.79 Å². The van der Waals surface area contributed by atoms with Crippen LogP contribution in [-0.4, -0.2) is 21.4 Å². The summed E-state index contributed by atoms with van der Waals surface area (Å²) in [4.78, 5) is 26.4. The highest BCUT2D eigenvalue weighted by Crippen LogP contribution is 2.29. The Balaban J connectivity index is 1.64. The number of carbonyl (C=O) groups is 2.